The van der Waals surface area contributed by atoms with E-state index in [2.05, 4.69) is 5.32 Å². The zero-order valence-corrected chi connectivity index (χ0v) is 13.9. The zero-order chi connectivity index (χ0) is 16.7. The molecule has 0 aromatic heterocycles. The first-order chi connectivity index (χ1) is 11.1. The number of methoxy groups -OCH3 is 2. The van der Waals surface area contributed by atoms with Crippen LogP contribution in [0.3, 0.4) is 0 Å². The molecule has 0 aliphatic heterocycles. The van der Waals surface area contributed by atoms with Crippen LogP contribution in [-0.4, -0.2) is 20.1 Å². The normalized spacial score (nSPS) is 10.2. The number of hydrogen-bond donors (Lipinski definition) is 1. The molecule has 23 heavy (non-hydrogen) atoms. The van der Waals surface area contributed by atoms with Crippen molar-refractivity contribution < 1.29 is 14.3 Å². The topological polar surface area (TPSA) is 47.6 Å². The molecule has 0 saturated carbocycles. The Labute approximate surface area is 137 Å². The first-order valence-electron chi connectivity index (χ1n) is 7.65. The van der Waals surface area contributed by atoms with Gasteiger partial charge in [0.2, 0.25) is 5.91 Å². The molecule has 2 rings (SSSR count). The molecule has 0 radical (unpaired) electrons. The minimum Gasteiger partial charge on any atom is -0.497 e. The largest absolute Gasteiger partial charge is 0.497 e. The lowest BCUT2D eigenvalue weighted by Gasteiger charge is -2.09. The van der Waals surface area contributed by atoms with Crippen LogP contribution in [0.2, 0.25) is 0 Å². The Morgan fingerprint density at radius 3 is 2.57 bits per heavy atom. The minimum atomic E-state index is 0.0429. The van der Waals surface area contributed by atoms with E-state index in [1.807, 2.05) is 49.4 Å². The summed E-state index contributed by atoms with van der Waals surface area (Å²) in [5.41, 5.74) is 3.23. The Balaban J connectivity index is 1.82. The van der Waals surface area contributed by atoms with Gasteiger partial charge < -0.3 is 14.8 Å². The monoisotopic (exact) mass is 313 g/mol. The summed E-state index contributed by atoms with van der Waals surface area (Å²) in [5.74, 6) is 1.72. The van der Waals surface area contributed by atoms with Gasteiger partial charge in [-0.05, 0) is 48.2 Å². The van der Waals surface area contributed by atoms with Crippen LogP contribution in [0.15, 0.2) is 42.5 Å². The standard InChI is InChI=1S/C19H23NO3/c1-14-11-16(7-9-18(14)23-3)13-20-19(21)10-8-15-5-4-6-17(12-15)22-2/h4-7,9,11-12H,8,10,13H2,1-3H3,(H,20,21). The lowest BCUT2D eigenvalue weighted by molar-refractivity contribution is -0.121. The first-order valence-corrected chi connectivity index (χ1v) is 7.65. The molecule has 0 bridgehead atoms. The summed E-state index contributed by atoms with van der Waals surface area (Å²) in [7, 11) is 3.30. The van der Waals surface area contributed by atoms with Crippen LogP contribution in [0, 0.1) is 6.92 Å². The minimum absolute atomic E-state index is 0.0429. The van der Waals surface area contributed by atoms with Gasteiger partial charge in [-0.25, -0.2) is 0 Å². The quantitative estimate of drug-likeness (QED) is 0.853. The van der Waals surface area contributed by atoms with Gasteiger partial charge in [-0.1, -0.05) is 24.3 Å². The number of amides is 1. The van der Waals surface area contributed by atoms with Gasteiger partial charge >= 0.3 is 0 Å². The molecule has 122 valence electrons. The van der Waals surface area contributed by atoms with Gasteiger partial charge in [0.25, 0.3) is 0 Å². The van der Waals surface area contributed by atoms with Crippen molar-refractivity contribution in [3.8, 4) is 11.5 Å². The highest BCUT2D eigenvalue weighted by Crippen LogP contribution is 2.18. The average Bonchev–Trinajstić information content (AvgIpc) is 2.58. The smallest absolute Gasteiger partial charge is 0.220 e. The highest BCUT2D eigenvalue weighted by Gasteiger charge is 2.05. The summed E-state index contributed by atoms with van der Waals surface area (Å²) in [6.07, 6.45) is 1.16. The third kappa shape index (κ3) is 5.02. The average molecular weight is 313 g/mol. The molecule has 1 N–H and O–H groups in total. The van der Waals surface area contributed by atoms with Crippen molar-refractivity contribution in [3.63, 3.8) is 0 Å². The molecule has 2 aromatic rings. The molecule has 0 saturated heterocycles. The second kappa shape index (κ2) is 8.22. The molecule has 0 aliphatic carbocycles. The lowest BCUT2D eigenvalue weighted by atomic mass is 10.1. The predicted octanol–water partition coefficient (Wildman–Crippen LogP) is 3.26. The Morgan fingerprint density at radius 2 is 1.87 bits per heavy atom. The van der Waals surface area contributed by atoms with E-state index >= 15 is 0 Å². The van der Waals surface area contributed by atoms with E-state index in [4.69, 9.17) is 9.47 Å². The van der Waals surface area contributed by atoms with Gasteiger partial charge in [-0.2, -0.15) is 0 Å². The van der Waals surface area contributed by atoms with Crippen LogP contribution >= 0.6 is 0 Å². The van der Waals surface area contributed by atoms with Crippen LogP contribution in [0.4, 0.5) is 0 Å². The zero-order valence-electron chi connectivity index (χ0n) is 13.9. The van der Waals surface area contributed by atoms with E-state index in [9.17, 15) is 4.79 Å². The Bertz CT molecular complexity index is 667. The Hall–Kier alpha value is -2.49. The van der Waals surface area contributed by atoms with Gasteiger partial charge in [-0.3, -0.25) is 4.79 Å². The van der Waals surface area contributed by atoms with Gasteiger partial charge in [0.1, 0.15) is 11.5 Å². The van der Waals surface area contributed by atoms with E-state index in [-0.39, 0.29) is 5.91 Å². The molecule has 0 unspecified atom stereocenters. The fraction of sp³-hybridized carbons (Fsp3) is 0.316. The van der Waals surface area contributed by atoms with Crippen LogP contribution in [0.1, 0.15) is 23.1 Å². The molecule has 0 fully saturated rings. The van der Waals surface area contributed by atoms with Gasteiger partial charge in [0.05, 0.1) is 14.2 Å². The molecular formula is C19H23NO3. The summed E-state index contributed by atoms with van der Waals surface area (Å²) in [6, 6.07) is 13.7. The second-order valence-electron chi connectivity index (χ2n) is 5.43. The summed E-state index contributed by atoms with van der Waals surface area (Å²) >= 11 is 0. The van der Waals surface area contributed by atoms with E-state index in [1.165, 1.54) is 0 Å². The SMILES string of the molecule is COc1cccc(CCC(=O)NCc2ccc(OC)c(C)c2)c1. The Morgan fingerprint density at radius 1 is 1.04 bits per heavy atom. The molecule has 4 heteroatoms. The Kier molecular flexibility index (Phi) is 6.03. The number of rotatable bonds is 7. The van der Waals surface area contributed by atoms with Gasteiger partial charge in [-0.15, -0.1) is 0 Å². The number of hydrogen-bond acceptors (Lipinski definition) is 3. The summed E-state index contributed by atoms with van der Waals surface area (Å²) < 4.78 is 10.4. The first kappa shape index (κ1) is 16.9. The third-order valence-corrected chi connectivity index (χ3v) is 3.72. The molecule has 1 amide bonds. The van der Waals surface area contributed by atoms with E-state index < -0.39 is 0 Å². The molecule has 0 heterocycles. The number of ether oxygens (including phenoxy) is 2. The van der Waals surface area contributed by atoms with E-state index in [0.29, 0.717) is 19.4 Å². The fourth-order valence-electron chi connectivity index (χ4n) is 2.43. The maximum Gasteiger partial charge on any atom is 0.220 e. The predicted molar refractivity (Wildman–Crippen MR) is 90.9 cm³/mol. The lowest BCUT2D eigenvalue weighted by Crippen LogP contribution is -2.23. The number of aryl methyl sites for hydroxylation is 2. The van der Waals surface area contributed by atoms with Crippen LogP contribution in [-0.2, 0) is 17.8 Å². The van der Waals surface area contributed by atoms with Gasteiger partial charge in [0, 0.05) is 13.0 Å². The van der Waals surface area contributed by atoms with Crippen molar-refractivity contribution in [2.75, 3.05) is 14.2 Å². The second-order valence-corrected chi connectivity index (χ2v) is 5.43. The number of carbonyl (C=O) groups excluding carboxylic acids is 1. The molecule has 0 aliphatic rings. The fourth-order valence-corrected chi connectivity index (χ4v) is 2.43. The molecule has 2 aromatic carbocycles. The highest BCUT2D eigenvalue weighted by molar-refractivity contribution is 5.76. The summed E-state index contributed by atoms with van der Waals surface area (Å²) in [5, 5.41) is 2.95. The van der Waals surface area contributed by atoms with Crippen LogP contribution < -0.4 is 14.8 Å². The summed E-state index contributed by atoms with van der Waals surface area (Å²) in [6.45, 7) is 2.52. The van der Waals surface area contributed by atoms with Crippen molar-refractivity contribution in [1.29, 1.82) is 0 Å². The number of benzene rings is 2. The molecule has 0 spiro atoms. The van der Waals surface area contributed by atoms with Crippen LogP contribution in [0.5, 0.6) is 11.5 Å². The van der Waals surface area contributed by atoms with Gasteiger partial charge in [0.15, 0.2) is 0 Å². The van der Waals surface area contributed by atoms with Crippen molar-refractivity contribution in [1.82, 2.24) is 5.32 Å². The highest BCUT2D eigenvalue weighted by atomic mass is 16.5. The summed E-state index contributed by atoms with van der Waals surface area (Å²) in [4.78, 5) is 12.0. The number of nitrogens with one attached hydrogen (secondary N) is 1. The molecular weight excluding hydrogens is 290 g/mol. The van der Waals surface area contributed by atoms with Crippen molar-refractivity contribution in [2.45, 2.75) is 26.3 Å². The molecule has 0 atom stereocenters. The number of carbonyl (C=O) groups is 1. The molecule has 4 nitrogen and oxygen atoms in total. The maximum absolute atomic E-state index is 12.0. The van der Waals surface area contributed by atoms with Crippen LogP contribution in [0.25, 0.3) is 0 Å². The van der Waals surface area contributed by atoms with Crippen molar-refractivity contribution in [2.24, 2.45) is 0 Å². The maximum atomic E-state index is 12.0. The van der Waals surface area contributed by atoms with Crippen molar-refractivity contribution in [3.05, 3.63) is 59.2 Å². The van der Waals surface area contributed by atoms with Crippen molar-refractivity contribution >= 4 is 5.91 Å². The van der Waals surface area contributed by atoms with E-state index in [1.54, 1.807) is 14.2 Å². The third-order valence-electron chi connectivity index (χ3n) is 3.72. The van der Waals surface area contributed by atoms with E-state index in [0.717, 1.165) is 28.2 Å².